The van der Waals surface area contributed by atoms with E-state index in [1.54, 1.807) is 7.05 Å². The van der Waals surface area contributed by atoms with Crippen molar-refractivity contribution in [2.24, 2.45) is 0 Å². The summed E-state index contributed by atoms with van der Waals surface area (Å²) in [6.45, 7) is 0. The second-order valence-corrected chi connectivity index (χ2v) is 4.49. The number of aryl methyl sites for hydroxylation is 1. The lowest BCUT2D eigenvalue weighted by molar-refractivity contribution is -0.122. The van der Waals surface area contributed by atoms with Crippen molar-refractivity contribution in [2.75, 3.05) is 7.05 Å². The largest absolute Gasteiger partial charge is 0.359 e. The Bertz CT molecular complexity index is 378. The van der Waals surface area contributed by atoms with Gasteiger partial charge in [0, 0.05) is 7.05 Å². The summed E-state index contributed by atoms with van der Waals surface area (Å²) in [5.74, 6) is 0.0444. The van der Waals surface area contributed by atoms with Gasteiger partial charge < -0.3 is 5.32 Å². The number of nitrogens with one attached hydrogen (secondary N) is 1. The number of carbonyl (C=O) groups excluding carboxylic acids is 1. The number of fused-ring (bicyclic) bond motifs is 1. The number of hydrogen-bond acceptors (Lipinski definition) is 2. The first-order valence-electron chi connectivity index (χ1n) is 4.59. The minimum absolute atomic E-state index is 0.0373. The molecule has 3 nitrogen and oxygen atoms in total. The number of rotatable bonds is 1. The van der Waals surface area contributed by atoms with Gasteiger partial charge in [-0.15, -0.1) is 0 Å². The maximum Gasteiger partial charge on any atom is 0.228 e. The molecule has 0 saturated carbocycles. The summed E-state index contributed by atoms with van der Waals surface area (Å²) in [6, 6.07) is 4.07. The van der Waals surface area contributed by atoms with Crippen LogP contribution in [0.3, 0.4) is 0 Å². The highest BCUT2D eigenvalue weighted by Gasteiger charge is 2.29. The number of halogens is 1. The van der Waals surface area contributed by atoms with Gasteiger partial charge in [-0.1, -0.05) is 6.07 Å². The highest BCUT2D eigenvalue weighted by atomic mass is 127. The molecule has 1 aromatic heterocycles. The number of nitrogens with zero attached hydrogens (tertiary/aromatic N) is 1. The van der Waals surface area contributed by atoms with Gasteiger partial charge in [0.15, 0.2) is 0 Å². The van der Waals surface area contributed by atoms with E-state index in [1.165, 1.54) is 5.56 Å². The minimum Gasteiger partial charge on any atom is -0.359 e. The first-order chi connectivity index (χ1) is 6.72. The van der Waals surface area contributed by atoms with E-state index in [4.69, 9.17) is 0 Å². The normalized spacial score (nSPS) is 19.1. The summed E-state index contributed by atoms with van der Waals surface area (Å²) < 4.78 is 0.956. The average Bonchev–Trinajstić information content (AvgIpc) is 2.59. The molecule has 2 rings (SSSR count). The molecule has 1 atom stereocenters. The Morgan fingerprint density at radius 1 is 1.64 bits per heavy atom. The third-order valence-electron chi connectivity index (χ3n) is 2.57. The lowest BCUT2D eigenvalue weighted by atomic mass is 10.1. The smallest absolute Gasteiger partial charge is 0.228 e. The first kappa shape index (κ1) is 9.89. The Hall–Kier alpha value is -0.650. The van der Waals surface area contributed by atoms with Crippen molar-refractivity contribution in [3.63, 3.8) is 0 Å². The number of likely N-dealkylation sites (N-methyl/N-ethyl adjacent to an activating group) is 1. The van der Waals surface area contributed by atoms with Gasteiger partial charge in [-0.2, -0.15) is 0 Å². The van der Waals surface area contributed by atoms with Gasteiger partial charge in [0.05, 0.1) is 11.6 Å². The minimum atomic E-state index is -0.0373. The van der Waals surface area contributed by atoms with E-state index >= 15 is 0 Å². The molecule has 1 aliphatic rings. The molecule has 1 heterocycles. The molecule has 1 amide bonds. The van der Waals surface area contributed by atoms with E-state index in [0.29, 0.717) is 0 Å². The predicted octanol–water partition coefficient (Wildman–Crippen LogP) is 1.46. The number of aromatic nitrogens is 1. The zero-order valence-corrected chi connectivity index (χ0v) is 10.0. The third-order valence-corrected chi connectivity index (χ3v) is 3.17. The molecule has 0 bridgehead atoms. The molecular weight excluding hydrogens is 291 g/mol. The maximum absolute atomic E-state index is 11.5. The summed E-state index contributed by atoms with van der Waals surface area (Å²) in [7, 11) is 1.67. The summed E-state index contributed by atoms with van der Waals surface area (Å²) in [5.41, 5.74) is 2.19. The SMILES string of the molecule is CNC(=O)[C@H]1CCc2ccc(I)nc21. The zero-order chi connectivity index (χ0) is 10.1. The van der Waals surface area contributed by atoms with Crippen LogP contribution in [0.15, 0.2) is 12.1 Å². The number of carbonyl (C=O) groups is 1. The fourth-order valence-corrected chi connectivity index (χ4v) is 2.30. The predicted molar refractivity (Wildman–Crippen MR) is 62.1 cm³/mol. The first-order valence-corrected chi connectivity index (χ1v) is 5.67. The van der Waals surface area contributed by atoms with E-state index in [1.807, 2.05) is 6.07 Å². The van der Waals surface area contributed by atoms with E-state index in [9.17, 15) is 4.79 Å². The zero-order valence-electron chi connectivity index (χ0n) is 7.88. The van der Waals surface area contributed by atoms with Gasteiger partial charge in [0.25, 0.3) is 0 Å². The Balaban J connectivity index is 2.38. The topological polar surface area (TPSA) is 42.0 Å². The highest BCUT2D eigenvalue weighted by Crippen LogP contribution is 2.31. The van der Waals surface area contributed by atoms with E-state index in [0.717, 1.165) is 22.2 Å². The monoisotopic (exact) mass is 302 g/mol. The van der Waals surface area contributed by atoms with Crippen LogP contribution in [0.4, 0.5) is 0 Å². The molecule has 0 saturated heterocycles. The molecule has 1 aromatic rings. The number of hydrogen-bond donors (Lipinski definition) is 1. The fraction of sp³-hybridized carbons (Fsp3) is 0.400. The van der Waals surface area contributed by atoms with Gasteiger partial charge in [-0.3, -0.25) is 4.79 Å². The third kappa shape index (κ3) is 1.63. The molecule has 0 fully saturated rings. The number of amides is 1. The van der Waals surface area contributed by atoms with Crippen LogP contribution in [0.25, 0.3) is 0 Å². The van der Waals surface area contributed by atoms with E-state index in [-0.39, 0.29) is 11.8 Å². The molecule has 0 radical (unpaired) electrons. The molecule has 0 spiro atoms. The van der Waals surface area contributed by atoms with E-state index in [2.05, 4.69) is 39.0 Å². The molecule has 1 aliphatic carbocycles. The summed E-state index contributed by atoms with van der Waals surface area (Å²) in [6.07, 6.45) is 1.86. The van der Waals surface area contributed by atoms with Crippen LogP contribution in [-0.2, 0) is 11.2 Å². The van der Waals surface area contributed by atoms with Gasteiger partial charge in [-0.25, -0.2) is 4.98 Å². The van der Waals surface area contributed by atoms with Crippen LogP contribution >= 0.6 is 22.6 Å². The average molecular weight is 302 g/mol. The Kier molecular flexibility index (Phi) is 2.71. The molecule has 0 aliphatic heterocycles. The van der Waals surface area contributed by atoms with Crippen LogP contribution in [-0.4, -0.2) is 17.9 Å². The van der Waals surface area contributed by atoms with E-state index < -0.39 is 0 Å². The molecule has 74 valence electrons. The van der Waals surface area contributed by atoms with Crippen LogP contribution in [0.1, 0.15) is 23.6 Å². The van der Waals surface area contributed by atoms with Gasteiger partial charge >= 0.3 is 0 Å². The standard InChI is InChI=1S/C10H11IN2O/c1-12-10(14)7-4-2-6-3-5-8(11)13-9(6)7/h3,5,7H,2,4H2,1H3,(H,12,14)/t7-/m0/s1. The van der Waals surface area contributed by atoms with Crippen LogP contribution in [0.5, 0.6) is 0 Å². The molecule has 4 heteroatoms. The Morgan fingerprint density at radius 2 is 2.43 bits per heavy atom. The quantitative estimate of drug-likeness (QED) is 0.630. The van der Waals surface area contributed by atoms with Gasteiger partial charge in [-0.05, 0) is 47.1 Å². The number of pyridine rings is 1. The van der Waals surface area contributed by atoms with Crippen LogP contribution in [0, 0.1) is 3.70 Å². The van der Waals surface area contributed by atoms with Gasteiger partial charge in [0.2, 0.25) is 5.91 Å². The lowest BCUT2D eigenvalue weighted by Gasteiger charge is -2.08. The van der Waals surface area contributed by atoms with Crippen molar-refractivity contribution in [1.29, 1.82) is 0 Å². The Morgan fingerprint density at radius 3 is 3.14 bits per heavy atom. The summed E-state index contributed by atoms with van der Waals surface area (Å²) in [5, 5.41) is 2.69. The van der Waals surface area contributed by atoms with Crippen molar-refractivity contribution in [2.45, 2.75) is 18.8 Å². The van der Waals surface area contributed by atoms with Crippen molar-refractivity contribution >= 4 is 28.5 Å². The van der Waals surface area contributed by atoms with Gasteiger partial charge in [0.1, 0.15) is 3.70 Å². The van der Waals surface area contributed by atoms with Crippen molar-refractivity contribution in [3.8, 4) is 0 Å². The maximum atomic E-state index is 11.5. The van der Waals surface area contributed by atoms with Crippen molar-refractivity contribution < 1.29 is 4.79 Å². The van der Waals surface area contributed by atoms with Crippen molar-refractivity contribution in [1.82, 2.24) is 10.3 Å². The summed E-state index contributed by atoms with van der Waals surface area (Å²) in [4.78, 5) is 16.0. The fourth-order valence-electron chi connectivity index (χ4n) is 1.86. The molecule has 0 aromatic carbocycles. The second kappa shape index (κ2) is 3.84. The summed E-state index contributed by atoms with van der Waals surface area (Å²) >= 11 is 2.18. The molecule has 14 heavy (non-hydrogen) atoms. The second-order valence-electron chi connectivity index (χ2n) is 3.38. The van der Waals surface area contributed by atoms with Crippen LogP contribution in [0.2, 0.25) is 0 Å². The highest BCUT2D eigenvalue weighted by molar-refractivity contribution is 14.1. The van der Waals surface area contributed by atoms with Crippen LogP contribution < -0.4 is 5.32 Å². The molecule has 1 N–H and O–H groups in total. The molecule has 0 unspecified atom stereocenters. The Labute approximate surface area is 96.4 Å². The molecular formula is C10H11IN2O. The van der Waals surface area contributed by atoms with Crippen molar-refractivity contribution in [3.05, 3.63) is 27.1 Å². The lowest BCUT2D eigenvalue weighted by Crippen LogP contribution is -2.24.